The minimum absolute atomic E-state index is 0.0700. The highest BCUT2D eigenvalue weighted by atomic mass is 16.6. The van der Waals surface area contributed by atoms with Gasteiger partial charge in [-0.1, -0.05) is 13.8 Å². The van der Waals surface area contributed by atoms with Gasteiger partial charge in [-0.25, -0.2) is 9.97 Å². The van der Waals surface area contributed by atoms with Crippen LogP contribution >= 0.6 is 0 Å². The number of rotatable bonds is 8. The minimum atomic E-state index is -0.426. The van der Waals surface area contributed by atoms with Gasteiger partial charge < -0.3 is 15.1 Å². The number of hydrogen-bond donors (Lipinski definition) is 1. The van der Waals surface area contributed by atoms with E-state index in [2.05, 4.69) is 29.1 Å². The van der Waals surface area contributed by atoms with Crippen LogP contribution in [0.25, 0.3) is 0 Å². The highest BCUT2D eigenvalue weighted by molar-refractivity contribution is 5.70. The van der Waals surface area contributed by atoms with Crippen LogP contribution in [0.1, 0.15) is 13.8 Å². The molecule has 0 saturated carbocycles. The average molecular weight is 296 g/mol. The fraction of sp³-hybridized carbons (Fsp3) is 0.692. The van der Waals surface area contributed by atoms with Crippen molar-refractivity contribution >= 4 is 17.3 Å². The Hall–Kier alpha value is -1.96. The molecular formula is C13H24N6O2. The Morgan fingerprint density at radius 2 is 2.00 bits per heavy atom. The van der Waals surface area contributed by atoms with Crippen LogP contribution in [0.5, 0.6) is 0 Å². The fourth-order valence-corrected chi connectivity index (χ4v) is 2.00. The molecule has 0 fully saturated rings. The van der Waals surface area contributed by atoms with E-state index in [-0.39, 0.29) is 11.5 Å². The molecule has 0 aliphatic heterocycles. The molecule has 0 saturated heterocycles. The van der Waals surface area contributed by atoms with E-state index in [1.165, 1.54) is 6.33 Å². The number of nitro groups is 1. The summed E-state index contributed by atoms with van der Waals surface area (Å²) in [6, 6.07) is 0. The molecule has 21 heavy (non-hydrogen) atoms. The third-order valence-corrected chi connectivity index (χ3v) is 2.92. The summed E-state index contributed by atoms with van der Waals surface area (Å²) in [5, 5.41) is 14.1. The van der Waals surface area contributed by atoms with Gasteiger partial charge in [-0.3, -0.25) is 10.1 Å². The largest absolute Gasteiger partial charge is 0.367 e. The first-order chi connectivity index (χ1) is 9.86. The van der Waals surface area contributed by atoms with Gasteiger partial charge in [-0.15, -0.1) is 0 Å². The van der Waals surface area contributed by atoms with Crippen LogP contribution in [-0.2, 0) is 0 Å². The van der Waals surface area contributed by atoms with Crippen LogP contribution in [0.3, 0.4) is 0 Å². The number of aromatic nitrogens is 2. The standard InChI is InChI=1S/C13H24N6O2/c1-10(2)8-18(7-6-17(4)5)13-11(19(20)21)12(14-3)15-9-16-13/h9-10H,6-8H2,1-5H3,(H,14,15,16). The van der Waals surface area contributed by atoms with Gasteiger partial charge in [-0.05, 0) is 20.0 Å². The topological polar surface area (TPSA) is 87.4 Å². The molecule has 8 heteroatoms. The zero-order valence-corrected chi connectivity index (χ0v) is 13.3. The average Bonchev–Trinajstić information content (AvgIpc) is 2.41. The summed E-state index contributed by atoms with van der Waals surface area (Å²) in [6.07, 6.45) is 1.36. The van der Waals surface area contributed by atoms with Gasteiger partial charge in [0.05, 0.1) is 4.92 Å². The van der Waals surface area contributed by atoms with Crippen LogP contribution in [0.2, 0.25) is 0 Å². The predicted molar refractivity (Wildman–Crippen MR) is 83.8 cm³/mol. The van der Waals surface area contributed by atoms with Crippen LogP contribution < -0.4 is 10.2 Å². The van der Waals surface area contributed by atoms with Gasteiger partial charge in [0.15, 0.2) is 0 Å². The van der Waals surface area contributed by atoms with Crippen LogP contribution in [0.4, 0.5) is 17.3 Å². The predicted octanol–water partition coefficient (Wildman–Crippen LogP) is 1.45. The van der Waals surface area contributed by atoms with Crippen LogP contribution in [0, 0.1) is 16.0 Å². The van der Waals surface area contributed by atoms with Crippen LogP contribution in [-0.4, -0.2) is 60.6 Å². The second-order valence-electron chi connectivity index (χ2n) is 5.54. The van der Waals surface area contributed by atoms with Gasteiger partial charge in [0.1, 0.15) is 6.33 Å². The molecule has 1 heterocycles. The lowest BCUT2D eigenvalue weighted by molar-refractivity contribution is -0.383. The van der Waals surface area contributed by atoms with Crippen molar-refractivity contribution < 1.29 is 4.92 Å². The Morgan fingerprint density at radius 1 is 1.33 bits per heavy atom. The van der Waals surface area contributed by atoms with Crippen LogP contribution in [0.15, 0.2) is 6.33 Å². The fourth-order valence-electron chi connectivity index (χ4n) is 2.00. The summed E-state index contributed by atoms with van der Waals surface area (Å²) in [5.74, 6) is 0.985. The minimum Gasteiger partial charge on any atom is -0.367 e. The molecule has 1 N–H and O–H groups in total. The molecule has 0 spiro atoms. The van der Waals surface area contributed by atoms with E-state index in [4.69, 9.17) is 0 Å². The molecule has 118 valence electrons. The van der Waals surface area contributed by atoms with E-state index in [1.54, 1.807) is 7.05 Å². The summed E-state index contributed by atoms with van der Waals surface area (Å²) in [6.45, 7) is 6.33. The molecule has 1 aromatic rings. The van der Waals surface area contributed by atoms with Gasteiger partial charge in [0.2, 0.25) is 11.6 Å². The number of hydrogen-bond acceptors (Lipinski definition) is 7. The van der Waals surface area contributed by atoms with Gasteiger partial charge in [0, 0.05) is 26.7 Å². The molecule has 1 rings (SSSR count). The highest BCUT2D eigenvalue weighted by Gasteiger charge is 2.26. The Labute approximate surface area is 125 Å². The first-order valence-corrected chi connectivity index (χ1v) is 6.93. The van der Waals surface area contributed by atoms with E-state index in [0.29, 0.717) is 24.8 Å². The highest BCUT2D eigenvalue weighted by Crippen LogP contribution is 2.31. The maximum absolute atomic E-state index is 11.4. The first-order valence-electron chi connectivity index (χ1n) is 6.93. The van der Waals surface area contributed by atoms with E-state index < -0.39 is 4.92 Å². The van der Waals surface area contributed by atoms with Crippen molar-refractivity contribution in [2.45, 2.75) is 13.8 Å². The number of likely N-dealkylation sites (N-methyl/N-ethyl adjacent to an activating group) is 1. The van der Waals surface area contributed by atoms with Crippen molar-refractivity contribution in [3.8, 4) is 0 Å². The molecule has 1 aromatic heterocycles. The maximum atomic E-state index is 11.4. The van der Waals surface area contributed by atoms with Gasteiger partial charge in [-0.2, -0.15) is 0 Å². The van der Waals surface area contributed by atoms with E-state index in [1.807, 2.05) is 23.9 Å². The monoisotopic (exact) mass is 296 g/mol. The lowest BCUT2D eigenvalue weighted by Gasteiger charge is -2.26. The number of nitrogens with zero attached hydrogens (tertiary/aromatic N) is 5. The third kappa shape index (κ3) is 4.82. The van der Waals surface area contributed by atoms with Gasteiger partial charge in [0.25, 0.3) is 0 Å². The Balaban J connectivity index is 3.19. The van der Waals surface area contributed by atoms with Crippen molar-refractivity contribution in [1.29, 1.82) is 0 Å². The molecule has 0 aromatic carbocycles. The Kier molecular flexibility index (Phi) is 6.29. The van der Waals surface area contributed by atoms with E-state index in [0.717, 1.165) is 6.54 Å². The molecule has 0 atom stereocenters. The summed E-state index contributed by atoms with van der Waals surface area (Å²) in [4.78, 5) is 23.0. The summed E-state index contributed by atoms with van der Waals surface area (Å²) >= 11 is 0. The SMILES string of the molecule is CNc1ncnc(N(CCN(C)C)CC(C)C)c1[N+](=O)[O-]. The lowest BCUT2D eigenvalue weighted by Crippen LogP contribution is -2.35. The van der Waals surface area contributed by atoms with E-state index >= 15 is 0 Å². The molecular weight excluding hydrogens is 272 g/mol. The van der Waals surface area contributed by atoms with Crippen molar-refractivity contribution in [3.63, 3.8) is 0 Å². The van der Waals surface area contributed by atoms with Crippen molar-refractivity contribution in [2.75, 3.05) is 51.0 Å². The van der Waals surface area contributed by atoms with Crippen molar-refractivity contribution in [3.05, 3.63) is 16.4 Å². The third-order valence-electron chi connectivity index (χ3n) is 2.92. The van der Waals surface area contributed by atoms with Gasteiger partial charge >= 0.3 is 5.69 Å². The summed E-state index contributed by atoms with van der Waals surface area (Å²) in [5.41, 5.74) is -0.0700. The molecule has 0 aliphatic rings. The quantitative estimate of drug-likeness (QED) is 0.574. The summed E-state index contributed by atoms with van der Waals surface area (Å²) < 4.78 is 0. The smallest absolute Gasteiger partial charge is 0.353 e. The number of anilines is 2. The normalized spacial score (nSPS) is 11.0. The Bertz CT molecular complexity index is 478. The molecule has 8 nitrogen and oxygen atoms in total. The van der Waals surface area contributed by atoms with E-state index in [9.17, 15) is 10.1 Å². The first kappa shape index (κ1) is 17.1. The number of nitrogens with one attached hydrogen (secondary N) is 1. The second kappa shape index (κ2) is 7.72. The lowest BCUT2D eigenvalue weighted by atomic mass is 10.2. The molecule has 0 aliphatic carbocycles. The van der Waals surface area contributed by atoms with Crippen molar-refractivity contribution in [1.82, 2.24) is 14.9 Å². The zero-order chi connectivity index (χ0) is 16.0. The molecule has 0 bridgehead atoms. The molecule has 0 radical (unpaired) electrons. The second-order valence-corrected chi connectivity index (χ2v) is 5.54. The Morgan fingerprint density at radius 3 is 2.48 bits per heavy atom. The molecule has 0 unspecified atom stereocenters. The summed E-state index contributed by atoms with van der Waals surface area (Å²) in [7, 11) is 5.56. The van der Waals surface area contributed by atoms with Crippen molar-refractivity contribution in [2.24, 2.45) is 5.92 Å². The maximum Gasteiger partial charge on any atom is 0.353 e. The molecule has 0 amide bonds. The zero-order valence-electron chi connectivity index (χ0n) is 13.3.